The van der Waals surface area contributed by atoms with E-state index in [4.69, 9.17) is 11.6 Å². The van der Waals surface area contributed by atoms with E-state index < -0.39 is 0 Å². The van der Waals surface area contributed by atoms with E-state index in [2.05, 4.69) is 41.3 Å². The van der Waals surface area contributed by atoms with Crippen molar-refractivity contribution >= 4 is 11.6 Å². The minimum absolute atomic E-state index is 0.172. The number of fused-ring (bicyclic) bond motifs is 1. The van der Waals surface area contributed by atoms with Gasteiger partial charge in [-0.1, -0.05) is 31.5 Å². The van der Waals surface area contributed by atoms with Gasteiger partial charge in [-0.2, -0.15) is 0 Å². The Morgan fingerprint density at radius 3 is 2.81 bits per heavy atom. The molecule has 1 N–H and O–H groups in total. The molecule has 110 valence electrons. The van der Waals surface area contributed by atoms with Gasteiger partial charge < -0.3 is 5.32 Å². The highest BCUT2D eigenvalue weighted by Gasteiger charge is 2.38. The lowest BCUT2D eigenvalue weighted by Crippen LogP contribution is -2.31. The van der Waals surface area contributed by atoms with Crippen molar-refractivity contribution in [1.82, 2.24) is 15.3 Å². The summed E-state index contributed by atoms with van der Waals surface area (Å²) in [4.78, 5) is 8.70. The highest BCUT2D eigenvalue weighted by Crippen LogP contribution is 2.45. The average molecular weight is 302 g/mol. The van der Waals surface area contributed by atoms with Gasteiger partial charge in [-0.3, -0.25) is 9.97 Å². The number of rotatable bonds is 3. The van der Waals surface area contributed by atoms with E-state index in [1.807, 2.05) is 25.4 Å². The average Bonchev–Trinajstić information content (AvgIpc) is 2.68. The fraction of sp³-hybridized carbons (Fsp3) is 0.412. The summed E-state index contributed by atoms with van der Waals surface area (Å²) in [5.41, 5.74) is 4.78. The molecule has 4 heteroatoms. The topological polar surface area (TPSA) is 37.8 Å². The summed E-state index contributed by atoms with van der Waals surface area (Å²) in [6.07, 6.45) is 4.71. The van der Waals surface area contributed by atoms with Crippen molar-refractivity contribution in [1.29, 1.82) is 0 Å². The lowest BCUT2D eigenvalue weighted by Gasteiger charge is -2.28. The molecule has 0 fully saturated rings. The Labute approximate surface area is 130 Å². The van der Waals surface area contributed by atoms with Gasteiger partial charge >= 0.3 is 0 Å². The Hall–Kier alpha value is -1.45. The SMILES string of the molecule is Cc1cnc(CNC2c3cc(Cl)ccc3CC2(C)C)cn1. The van der Waals surface area contributed by atoms with Gasteiger partial charge in [0.2, 0.25) is 0 Å². The van der Waals surface area contributed by atoms with Crippen LogP contribution in [0.25, 0.3) is 0 Å². The molecular formula is C17H20ClN3. The Morgan fingerprint density at radius 2 is 2.10 bits per heavy atom. The van der Waals surface area contributed by atoms with E-state index in [1.54, 1.807) is 0 Å². The molecule has 0 spiro atoms. The molecule has 0 radical (unpaired) electrons. The number of nitrogens with zero attached hydrogens (tertiary/aromatic N) is 2. The van der Waals surface area contributed by atoms with Crippen LogP contribution in [-0.2, 0) is 13.0 Å². The maximum Gasteiger partial charge on any atom is 0.0724 e. The smallest absolute Gasteiger partial charge is 0.0724 e. The third kappa shape index (κ3) is 2.94. The van der Waals surface area contributed by atoms with Crippen molar-refractivity contribution in [3.05, 3.63) is 58.1 Å². The number of hydrogen-bond acceptors (Lipinski definition) is 3. The molecule has 1 aromatic heterocycles. The van der Waals surface area contributed by atoms with Gasteiger partial charge in [0.05, 0.1) is 11.4 Å². The standard InChI is InChI=1S/C17H20ClN3/c1-11-8-20-14(9-19-11)10-21-16-15-6-13(18)5-4-12(15)7-17(16,2)3/h4-6,8-9,16,21H,7,10H2,1-3H3. The summed E-state index contributed by atoms with van der Waals surface area (Å²) in [7, 11) is 0. The number of aromatic nitrogens is 2. The van der Waals surface area contributed by atoms with Gasteiger partial charge in [0.1, 0.15) is 0 Å². The zero-order valence-electron chi connectivity index (χ0n) is 12.7. The molecule has 3 rings (SSSR count). The van der Waals surface area contributed by atoms with Crippen LogP contribution in [0.4, 0.5) is 0 Å². The molecule has 0 amide bonds. The second-order valence-corrected chi connectivity index (χ2v) is 6.91. The van der Waals surface area contributed by atoms with E-state index in [0.717, 1.165) is 22.8 Å². The summed E-state index contributed by atoms with van der Waals surface area (Å²) >= 11 is 6.17. The molecule has 3 nitrogen and oxygen atoms in total. The molecule has 1 unspecified atom stereocenters. The molecule has 0 aliphatic heterocycles. The molecule has 0 saturated carbocycles. The zero-order chi connectivity index (χ0) is 15.0. The maximum atomic E-state index is 6.17. The first-order chi connectivity index (χ1) is 9.95. The van der Waals surface area contributed by atoms with E-state index in [0.29, 0.717) is 6.54 Å². The van der Waals surface area contributed by atoms with Crippen molar-refractivity contribution < 1.29 is 0 Å². The van der Waals surface area contributed by atoms with Crippen LogP contribution in [0.1, 0.15) is 42.4 Å². The van der Waals surface area contributed by atoms with Crippen LogP contribution in [0.5, 0.6) is 0 Å². The molecule has 21 heavy (non-hydrogen) atoms. The van der Waals surface area contributed by atoms with Crippen LogP contribution in [0.3, 0.4) is 0 Å². The van der Waals surface area contributed by atoms with Crippen LogP contribution in [0.2, 0.25) is 5.02 Å². The zero-order valence-corrected chi connectivity index (χ0v) is 13.4. The third-order valence-electron chi connectivity index (χ3n) is 4.17. The number of aryl methyl sites for hydroxylation is 1. The first kappa shape index (κ1) is 14.5. The number of halogens is 1. The third-order valence-corrected chi connectivity index (χ3v) is 4.40. The molecule has 1 atom stereocenters. The first-order valence-electron chi connectivity index (χ1n) is 7.25. The van der Waals surface area contributed by atoms with Crippen molar-refractivity contribution in [3.8, 4) is 0 Å². The van der Waals surface area contributed by atoms with E-state index in [9.17, 15) is 0 Å². The minimum atomic E-state index is 0.172. The van der Waals surface area contributed by atoms with Crippen LogP contribution >= 0.6 is 11.6 Å². The van der Waals surface area contributed by atoms with Crippen molar-refractivity contribution in [2.24, 2.45) is 5.41 Å². The second-order valence-electron chi connectivity index (χ2n) is 6.47. The maximum absolute atomic E-state index is 6.17. The molecule has 1 aliphatic rings. The van der Waals surface area contributed by atoms with Gasteiger partial charge in [-0.25, -0.2) is 0 Å². The minimum Gasteiger partial charge on any atom is -0.304 e. The van der Waals surface area contributed by atoms with Crippen LogP contribution in [0.15, 0.2) is 30.6 Å². The number of nitrogens with one attached hydrogen (secondary N) is 1. The molecule has 1 heterocycles. The largest absolute Gasteiger partial charge is 0.304 e. The number of benzene rings is 1. The lowest BCUT2D eigenvalue weighted by molar-refractivity contribution is 0.267. The normalized spacial score (nSPS) is 19.5. The molecule has 1 aromatic carbocycles. The molecule has 0 saturated heterocycles. The Kier molecular flexibility index (Phi) is 3.72. The fourth-order valence-corrected chi connectivity index (χ4v) is 3.29. The Morgan fingerprint density at radius 1 is 1.29 bits per heavy atom. The van der Waals surface area contributed by atoms with E-state index >= 15 is 0 Å². The summed E-state index contributed by atoms with van der Waals surface area (Å²) in [6.45, 7) is 7.24. The summed E-state index contributed by atoms with van der Waals surface area (Å²) in [5, 5.41) is 4.43. The van der Waals surface area contributed by atoms with Gasteiger partial charge in [0.25, 0.3) is 0 Å². The van der Waals surface area contributed by atoms with Crippen molar-refractivity contribution in [2.45, 2.75) is 39.8 Å². The summed E-state index contributed by atoms with van der Waals surface area (Å²) in [5.74, 6) is 0. The van der Waals surface area contributed by atoms with Crippen LogP contribution in [0, 0.1) is 12.3 Å². The van der Waals surface area contributed by atoms with Crippen LogP contribution in [-0.4, -0.2) is 9.97 Å². The molecule has 2 aromatic rings. The van der Waals surface area contributed by atoms with Crippen LogP contribution < -0.4 is 5.32 Å². The van der Waals surface area contributed by atoms with E-state index in [-0.39, 0.29) is 11.5 Å². The van der Waals surface area contributed by atoms with Gasteiger partial charge in [0.15, 0.2) is 0 Å². The quantitative estimate of drug-likeness (QED) is 0.935. The molecule has 0 bridgehead atoms. The van der Waals surface area contributed by atoms with E-state index in [1.165, 1.54) is 11.1 Å². The van der Waals surface area contributed by atoms with Gasteiger partial charge in [-0.15, -0.1) is 0 Å². The number of hydrogen-bond donors (Lipinski definition) is 1. The van der Waals surface area contributed by atoms with Gasteiger partial charge in [0, 0.05) is 30.0 Å². The highest BCUT2D eigenvalue weighted by molar-refractivity contribution is 6.30. The van der Waals surface area contributed by atoms with Crippen molar-refractivity contribution in [2.75, 3.05) is 0 Å². The lowest BCUT2D eigenvalue weighted by atomic mass is 9.85. The second kappa shape index (κ2) is 5.39. The summed E-state index contributed by atoms with van der Waals surface area (Å²) < 4.78 is 0. The fourth-order valence-electron chi connectivity index (χ4n) is 3.11. The van der Waals surface area contributed by atoms with Crippen molar-refractivity contribution in [3.63, 3.8) is 0 Å². The van der Waals surface area contributed by atoms with Gasteiger partial charge in [-0.05, 0) is 42.0 Å². The monoisotopic (exact) mass is 301 g/mol. The Balaban J connectivity index is 1.81. The Bertz CT molecular complexity index is 650. The first-order valence-corrected chi connectivity index (χ1v) is 7.63. The summed E-state index contributed by atoms with van der Waals surface area (Å²) in [6, 6.07) is 6.50. The predicted octanol–water partition coefficient (Wildman–Crippen LogP) is 3.85. The highest BCUT2D eigenvalue weighted by atomic mass is 35.5. The molecular weight excluding hydrogens is 282 g/mol. The predicted molar refractivity (Wildman–Crippen MR) is 85.3 cm³/mol. The molecule has 1 aliphatic carbocycles.